The number of ether oxygens (including phenoxy) is 1. The van der Waals surface area contributed by atoms with Gasteiger partial charge in [0.05, 0.1) is 12.6 Å². The third kappa shape index (κ3) is 3.44. The van der Waals surface area contributed by atoms with E-state index < -0.39 is 0 Å². The van der Waals surface area contributed by atoms with Gasteiger partial charge in [-0.15, -0.1) is 0 Å². The van der Waals surface area contributed by atoms with Crippen molar-refractivity contribution in [2.45, 2.75) is 18.9 Å². The van der Waals surface area contributed by atoms with Crippen LogP contribution in [0.1, 0.15) is 18.9 Å². The summed E-state index contributed by atoms with van der Waals surface area (Å²) in [5.41, 5.74) is 5.29. The minimum atomic E-state index is -0.298. The molecule has 1 aromatic heterocycles. The molecule has 0 spiro atoms. The first-order chi connectivity index (χ1) is 11.5. The molecule has 1 aliphatic carbocycles. The van der Waals surface area contributed by atoms with Crippen LogP contribution in [0.2, 0.25) is 0 Å². The van der Waals surface area contributed by atoms with Crippen molar-refractivity contribution < 1.29 is 13.9 Å². The van der Waals surface area contributed by atoms with E-state index in [1.807, 2.05) is 11.9 Å². The maximum Gasteiger partial charge on any atom is 0.245 e. The van der Waals surface area contributed by atoms with Gasteiger partial charge >= 0.3 is 0 Å². The molecule has 0 radical (unpaired) electrons. The number of halogens is 1. The molecule has 24 heavy (non-hydrogen) atoms. The van der Waals surface area contributed by atoms with E-state index in [1.165, 1.54) is 12.1 Å². The summed E-state index contributed by atoms with van der Waals surface area (Å²) in [5, 5.41) is 11.8. The quantitative estimate of drug-likeness (QED) is 0.803. The van der Waals surface area contributed by atoms with E-state index in [4.69, 9.17) is 10.5 Å². The first-order valence-corrected chi connectivity index (χ1v) is 7.71. The summed E-state index contributed by atoms with van der Waals surface area (Å²) in [4.78, 5) is 13.0. The molecule has 3 rings (SSSR count). The first-order valence-electron chi connectivity index (χ1n) is 7.71. The average Bonchev–Trinajstić information content (AvgIpc) is 2.96. The fraction of sp³-hybridized carbons (Fsp3) is 0.467. The fourth-order valence-corrected chi connectivity index (χ4v) is 2.63. The molecule has 9 heteroatoms. The number of amides is 1. The summed E-state index contributed by atoms with van der Waals surface area (Å²) in [7, 11) is 1.86. The highest BCUT2D eigenvalue weighted by Gasteiger charge is 2.36. The van der Waals surface area contributed by atoms with Crippen molar-refractivity contribution >= 4 is 11.9 Å². The molecular weight excluding hydrogens is 315 g/mol. The molecule has 0 unspecified atom stereocenters. The Labute approximate surface area is 138 Å². The summed E-state index contributed by atoms with van der Waals surface area (Å²) >= 11 is 0. The molecule has 1 amide bonds. The minimum Gasteiger partial charge on any atom is -0.492 e. The Hall–Kier alpha value is -2.71. The second-order valence-electron chi connectivity index (χ2n) is 5.87. The molecular formula is C15H19FN6O2. The van der Waals surface area contributed by atoms with Crippen molar-refractivity contribution in [1.29, 1.82) is 0 Å². The Morgan fingerprint density at radius 1 is 1.42 bits per heavy atom. The predicted octanol–water partition coefficient (Wildman–Crippen LogP) is 0.764. The number of tetrazole rings is 1. The molecule has 2 N–H and O–H groups in total. The van der Waals surface area contributed by atoms with Crippen molar-refractivity contribution in [3.8, 4) is 5.75 Å². The van der Waals surface area contributed by atoms with E-state index in [2.05, 4.69) is 15.5 Å². The number of nitrogens with two attached hydrogens (primary N) is 1. The summed E-state index contributed by atoms with van der Waals surface area (Å²) in [6, 6.07) is 5.96. The monoisotopic (exact) mass is 334 g/mol. The van der Waals surface area contributed by atoms with Crippen molar-refractivity contribution in [3.05, 3.63) is 30.1 Å². The van der Waals surface area contributed by atoms with Gasteiger partial charge in [-0.3, -0.25) is 4.79 Å². The number of benzene rings is 1. The SMILES string of the molecule is CN(CCOc1ccc(F)cc1)c1nnnn1C1CC(C(N)=O)C1. The highest BCUT2D eigenvalue weighted by molar-refractivity contribution is 5.77. The molecule has 1 heterocycles. The third-order valence-corrected chi connectivity index (χ3v) is 4.19. The predicted molar refractivity (Wildman–Crippen MR) is 83.9 cm³/mol. The van der Waals surface area contributed by atoms with Gasteiger partial charge in [-0.05, 0) is 47.5 Å². The highest BCUT2D eigenvalue weighted by Crippen LogP contribution is 2.38. The molecule has 8 nitrogen and oxygen atoms in total. The largest absolute Gasteiger partial charge is 0.492 e. The van der Waals surface area contributed by atoms with Crippen LogP contribution in [0.3, 0.4) is 0 Å². The van der Waals surface area contributed by atoms with Crippen LogP contribution in [0.15, 0.2) is 24.3 Å². The average molecular weight is 334 g/mol. The second-order valence-corrected chi connectivity index (χ2v) is 5.87. The van der Waals surface area contributed by atoms with Crippen LogP contribution in [0.25, 0.3) is 0 Å². The van der Waals surface area contributed by atoms with Crippen molar-refractivity contribution in [3.63, 3.8) is 0 Å². The molecule has 0 bridgehead atoms. The number of carbonyl (C=O) groups excluding carboxylic acids is 1. The summed E-state index contributed by atoms with van der Waals surface area (Å²) in [5.74, 6) is 0.549. The van der Waals surface area contributed by atoms with Gasteiger partial charge in [0.2, 0.25) is 11.9 Å². The Balaban J connectivity index is 1.52. The zero-order chi connectivity index (χ0) is 17.1. The van der Waals surface area contributed by atoms with Crippen LogP contribution in [0.5, 0.6) is 5.75 Å². The lowest BCUT2D eigenvalue weighted by atomic mass is 9.80. The topological polar surface area (TPSA) is 99.2 Å². The number of aromatic nitrogens is 4. The number of nitrogens with zero attached hydrogens (tertiary/aromatic N) is 5. The van der Waals surface area contributed by atoms with Gasteiger partial charge in [0.1, 0.15) is 18.2 Å². The van der Waals surface area contributed by atoms with Gasteiger partial charge in [-0.25, -0.2) is 9.07 Å². The van der Waals surface area contributed by atoms with Crippen molar-refractivity contribution in [2.24, 2.45) is 11.7 Å². The lowest BCUT2D eigenvalue weighted by Gasteiger charge is -2.34. The van der Waals surface area contributed by atoms with E-state index in [1.54, 1.807) is 16.8 Å². The van der Waals surface area contributed by atoms with E-state index >= 15 is 0 Å². The Kier molecular flexibility index (Phi) is 4.59. The van der Waals surface area contributed by atoms with Gasteiger partial charge in [-0.1, -0.05) is 5.10 Å². The Morgan fingerprint density at radius 3 is 2.79 bits per heavy atom. The molecule has 0 atom stereocenters. The summed E-state index contributed by atoms with van der Waals surface area (Å²) < 4.78 is 20.1. The lowest BCUT2D eigenvalue weighted by molar-refractivity contribution is -0.125. The number of primary amides is 1. The standard InChI is InChI=1S/C15H19FN6O2/c1-21(6-7-24-13-4-2-11(16)3-5-13)15-18-19-20-22(15)12-8-10(9-12)14(17)23/h2-5,10,12H,6-9H2,1H3,(H2,17,23). The smallest absolute Gasteiger partial charge is 0.245 e. The summed E-state index contributed by atoms with van der Waals surface area (Å²) in [6.45, 7) is 0.966. The minimum absolute atomic E-state index is 0.0907. The fourth-order valence-electron chi connectivity index (χ4n) is 2.63. The Morgan fingerprint density at radius 2 is 2.12 bits per heavy atom. The number of hydrogen-bond acceptors (Lipinski definition) is 6. The zero-order valence-corrected chi connectivity index (χ0v) is 13.3. The summed E-state index contributed by atoms with van der Waals surface area (Å²) in [6.07, 6.45) is 1.32. The number of carbonyl (C=O) groups is 1. The molecule has 1 fully saturated rings. The number of likely N-dealkylation sites (N-methyl/N-ethyl adjacent to an activating group) is 1. The van der Waals surface area contributed by atoms with Gasteiger partial charge in [-0.2, -0.15) is 0 Å². The van der Waals surface area contributed by atoms with E-state index in [9.17, 15) is 9.18 Å². The van der Waals surface area contributed by atoms with E-state index in [0.29, 0.717) is 37.7 Å². The maximum atomic E-state index is 12.8. The van der Waals surface area contributed by atoms with Gasteiger partial charge < -0.3 is 15.4 Å². The number of rotatable bonds is 7. The van der Waals surface area contributed by atoms with E-state index in [0.717, 1.165) is 0 Å². The molecule has 2 aromatic rings. The van der Waals surface area contributed by atoms with Crippen LogP contribution in [0.4, 0.5) is 10.3 Å². The third-order valence-electron chi connectivity index (χ3n) is 4.19. The second kappa shape index (κ2) is 6.81. The zero-order valence-electron chi connectivity index (χ0n) is 13.3. The first kappa shape index (κ1) is 16.2. The highest BCUT2D eigenvalue weighted by atomic mass is 19.1. The van der Waals surface area contributed by atoms with Crippen molar-refractivity contribution in [1.82, 2.24) is 20.2 Å². The van der Waals surface area contributed by atoms with Crippen molar-refractivity contribution in [2.75, 3.05) is 25.1 Å². The van der Waals surface area contributed by atoms with Gasteiger partial charge in [0.15, 0.2) is 0 Å². The molecule has 1 aliphatic rings. The lowest BCUT2D eigenvalue weighted by Crippen LogP contribution is -2.38. The van der Waals surface area contributed by atoms with Crippen LogP contribution >= 0.6 is 0 Å². The van der Waals surface area contributed by atoms with Crippen LogP contribution < -0.4 is 15.4 Å². The normalized spacial score (nSPS) is 19.6. The van der Waals surface area contributed by atoms with Crippen LogP contribution in [0, 0.1) is 11.7 Å². The Bertz CT molecular complexity index is 698. The molecule has 1 saturated carbocycles. The van der Waals surface area contributed by atoms with E-state index in [-0.39, 0.29) is 23.7 Å². The molecule has 0 aliphatic heterocycles. The number of anilines is 1. The molecule has 128 valence electrons. The maximum absolute atomic E-state index is 12.8. The molecule has 1 aromatic carbocycles. The molecule has 0 saturated heterocycles. The van der Waals surface area contributed by atoms with Crippen LogP contribution in [-0.4, -0.2) is 46.3 Å². The van der Waals surface area contributed by atoms with Gasteiger partial charge in [0, 0.05) is 13.0 Å². The van der Waals surface area contributed by atoms with Crippen LogP contribution in [-0.2, 0) is 4.79 Å². The van der Waals surface area contributed by atoms with Gasteiger partial charge in [0.25, 0.3) is 0 Å². The number of hydrogen-bond donors (Lipinski definition) is 1.